The molecule has 13 heteroatoms. The summed E-state index contributed by atoms with van der Waals surface area (Å²) in [4.78, 5) is 74.8. The van der Waals surface area contributed by atoms with Crippen molar-refractivity contribution in [2.75, 3.05) is 19.7 Å². The van der Waals surface area contributed by atoms with Crippen LogP contribution in [-0.2, 0) is 38.2 Å². The van der Waals surface area contributed by atoms with Crippen molar-refractivity contribution in [1.29, 1.82) is 0 Å². The Bertz CT molecular complexity index is 806. The Balaban J connectivity index is 2.70. The van der Waals surface area contributed by atoms with Gasteiger partial charge >= 0.3 is 11.9 Å². The first kappa shape index (κ1) is 30.1. The average Bonchev–Trinajstić information content (AvgIpc) is 3.29. The fourth-order valence-electron chi connectivity index (χ4n) is 3.54. The van der Waals surface area contributed by atoms with Crippen LogP contribution in [-0.4, -0.2) is 84.4 Å². The lowest BCUT2D eigenvalue weighted by Gasteiger charge is -2.29. The first-order valence-electron chi connectivity index (χ1n) is 11.4. The summed E-state index contributed by atoms with van der Waals surface area (Å²) >= 11 is 5.45. The quantitative estimate of drug-likeness (QED) is 0.237. The number of esters is 2. The molecule has 0 saturated carbocycles. The van der Waals surface area contributed by atoms with E-state index < -0.39 is 59.7 Å². The smallest absolute Gasteiger partial charge is 0.330 e. The Hall–Kier alpha value is -2.89. The van der Waals surface area contributed by atoms with E-state index in [1.807, 2.05) is 0 Å². The standard InChI is InChI=1S/C22H35ClN4O8/c1-12(2)18(22(33)35-11-23)26-20(31)15-7-6-10-27(15)21(32)14(4)25-19(30)13(3)24-16(28)8-9-17(29)34-5/h12-15,18H,6-11H2,1-5H3,(H,24,28)(H,25,30)(H,26,31)/t13-,14-,15-,18-/m0/s1. The number of methoxy groups -OCH3 is 1. The van der Waals surface area contributed by atoms with Crippen LogP contribution >= 0.6 is 11.6 Å². The Morgan fingerprint density at radius 3 is 2.20 bits per heavy atom. The topological polar surface area (TPSA) is 160 Å². The first-order valence-corrected chi connectivity index (χ1v) is 12.0. The number of amides is 4. The number of carbonyl (C=O) groups is 6. The molecule has 0 aromatic rings. The van der Waals surface area contributed by atoms with Crippen LogP contribution in [0.3, 0.4) is 0 Å². The maximum Gasteiger partial charge on any atom is 0.330 e. The predicted octanol–water partition coefficient (Wildman–Crippen LogP) is -0.180. The number of nitrogens with zero attached hydrogens (tertiary/aromatic N) is 1. The van der Waals surface area contributed by atoms with E-state index in [9.17, 15) is 28.8 Å². The number of ether oxygens (including phenoxy) is 2. The highest BCUT2D eigenvalue weighted by Gasteiger charge is 2.38. The fraction of sp³-hybridized carbons (Fsp3) is 0.727. The molecule has 1 aliphatic rings. The van der Waals surface area contributed by atoms with Crippen molar-refractivity contribution >= 4 is 47.2 Å². The Labute approximate surface area is 209 Å². The molecule has 4 amide bonds. The number of halogens is 1. The summed E-state index contributed by atoms with van der Waals surface area (Å²) in [5, 5.41) is 7.62. The van der Waals surface area contributed by atoms with Gasteiger partial charge in [-0.2, -0.15) is 0 Å². The Morgan fingerprint density at radius 2 is 1.63 bits per heavy atom. The SMILES string of the molecule is COC(=O)CCC(=O)N[C@@H](C)C(=O)N[C@@H](C)C(=O)N1CCC[C@H]1C(=O)N[C@H](C(=O)OCCl)C(C)C. The van der Waals surface area contributed by atoms with Gasteiger partial charge in [0.2, 0.25) is 23.6 Å². The summed E-state index contributed by atoms with van der Waals surface area (Å²) in [5.74, 6) is -3.54. The van der Waals surface area contributed by atoms with Crippen molar-refractivity contribution in [3.63, 3.8) is 0 Å². The lowest BCUT2D eigenvalue weighted by molar-refractivity contribution is -0.148. The number of alkyl halides is 1. The van der Waals surface area contributed by atoms with Crippen LogP contribution in [0.15, 0.2) is 0 Å². The molecule has 0 radical (unpaired) electrons. The maximum absolute atomic E-state index is 13.0. The second kappa shape index (κ2) is 14.5. The molecule has 1 fully saturated rings. The molecule has 0 spiro atoms. The molecule has 3 N–H and O–H groups in total. The summed E-state index contributed by atoms with van der Waals surface area (Å²) in [5.41, 5.74) is 0. The monoisotopic (exact) mass is 518 g/mol. The molecule has 198 valence electrons. The highest BCUT2D eigenvalue weighted by molar-refractivity contribution is 6.17. The van der Waals surface area contributed by atoms with E-state index >= 15 is 0 Å². The molecule has 12 nitrogen and oxygen atoms in total. The third-order valence-corrected chi connectivity index (χ3v) is 5.65. The third kappa shape index (κ3) is 9.35. The second-order valence-electron chi connectivity index (χ2n) is 8.59. The summed E-state index contributed by atoms with van der Waals surface area (Å²) in [6.07, 6.45) is 0.722. The Kier molecular flexibility index (Phi) is 12.5. The zero-order valence-corrected chi connectivity index (χ0v) is 21.5. The molecule has 0 bridgehead atoms. The molecular formula is C22H35ClN4O8. The number of likely N-dealkylation sites (tertiary alicyclic amines) is 1. The predicted molar refractivity (Wildman–Crippen MR) is 125 cm³/mol. The molecule has 0 unspecified atom stereocenters. The molecule has 0 aliphatic carbocycles. The van der Waals surface area contributed by atoms with Crippen LogP contribution in [0.1, 0.15) is 53.4 Å². The number of hydrogen-bond donors (Lipinski definition) is 3. The van der Waals surface area contributed by atoms with Gasteiger partial charge in [0.05, 0.1) is 13.5 Å². The third-order valence-electron chi connectivity index (χ3n) is 5.54. The van der Waals surface area contributed by atoms with Crippen molar-refractivity contribution in [3.8, 4) is 0 Å². The summed E-state index contributed by atoms with van der Waals surface area (Å²) in [6.45, 7) is 6.72. The molecule has 0 aromatic carbocycles. The van der Waals surface area contributed by atoms with Crippen LogP contribution in [0.5, 0.6) is 0 Å². The van der Waals surface area contributed by atoms with Crippen molar-refractivity contribution in [2.24, 2.45) is 5.92 Å². The van der Waals surface area contributed by atoms with Gasteiger partial charge in [0.15, 0.2) is 6.07 Å². The lowest BCUT2D eigenvalue weighted by atomic mass is 10.0. The van der Waals surface area contributed by atoms with Gasteiger partial charge in [-0.25, -0.2) is 4.79 Å². The summed E-state index contributed by atoms with van der Waals surface area (Å²) < 4.78 is 9.26. The minimum Gasteiger partial charge on any atom is -0.469 e. The number of rotatable bonds is 12. The minimum atomic E-state index is -0.965. The zero-order chi connectivity index (χ0) is 26.7. The average molecular weight is 519 g/mol. The van der Waals surface area contributed by atoms with E-state index in [4.69, 9.17) is 16.3 Å². The molecule has 4 atom stereocenters. The molecular weight excluding hydrogens is 484 g/mol. The lowest BCUT2D eigenvalue weighted by Crippen LogP contribution is -2.57. The minimum absolute atomic E-state index is 0.120. The first-order chi connectivity index (χ1) is 16.4. The highest BCUT2D eigenvalue weighted by Crippen LogP contribution is 2.19. The Morgan fingerprint density at radius 1 is 0.971 bits per heavy atom. The largest absolute Gasteiger partial charge is 0.469 e. The fourth-order valence-corrected chi connectivity index (χ4v) is 3.65. The van der Waals surface area contributed by atoms with E-state index in [2.05, 4.69) is 20.7 Å². The van der Waals surface area contributed by atoms with E-state index in [0.29, 0.717) is 19.4 Å². The van der Waals surface area contributed by atoms with E-state index in [1.165, 1.54) is 25.9 Å². The van der Waals surface area contributed by atoms with Gasteiger partial charge in [-0.1, -0.05) is 25.4 Å². The van der Waals surface area contributed by atoms with E-state index in [-0.39, 0.29) is 24.8 Å². The molecule has 1 rings (SSSR count). The van der Waals surface area contributed by atoms with E-state index in [0.717, 1.165) is 0 Å². The van der Waals surface area contributed by atoms with Crippen molar-refractivity contribution < 1.29 is 38.2 Å². The van der Waals surface area contributed by atoms with Gasteiger partial charge in [0.25, 0.3) is 0 Å². The van der Waals surface area contributed by atoms with Gasteiger partial charge in [-0.3, -0.25) is 24.0 Å². The van der Waals surface area contributed by atoms with Gasteiger partial charge in [-0.15, -0.1) is 0 Å². The molecule has 35 heavy (non-hydrogen) atoms. The van der Waals surface area contributed by atoms with Gasteiger partial charge < -0.3 is 30.3 Å². The van der Waals surface area contributed by atoms with Gasteiger partial charge in [0, 0.05) is 13.0 Å². The van der Waals surface area contributed by atoms with Crippen LogP contribution in [0.2, 0.25) is 0 Å². The summed E-state index contributed by atoms with van der Waals surface area (Å²) in [6, 6.07) is -3.98. The second-order valence-corrected chi connectivity index (χ2v) is 8.81. The number of nitrogens with one attached hydrogen (secondary N) is 3. The van der Waals surface area contributed by atoms with Crippen LogP contribution in [0.25, 0.3) is 0 Å². The van der Waals surface area contributed by atoms with Crippen LogP contribution < -0.4 is 16.0 Å². The molecule has 1 aliphatic heterocycles. The molecule has 1 heterocycles. The zero-order valence-electron chi connectivity index (χ0n) is 20.7. The van der Waals surface area contributed by atoms with Crippen molar-refractivity contribution in [2.45, 2.75) is 77.5 Å². The summed E-state index contributed by atoms with van der Waals surface area (Å²) in [7, 11) is 1.21. The normalized spacial score (nSPS) is 17.7. The van der Waals surface area contributed by atoms with Crippen molar-refractivity contribution in [1.82, 2.24) is 20.9 Å². The van der Waals surface area contributed by atoms with Crippen molar-refractivity contribution in [3.05, 3.63) is 0 Å². The van der Waals surface area contributed by atoms with E-state index in [1.54, 1.807) is 13.8 Å². The number of carbonyl (C=O) groups excluding carboxylic acids is 6. The molecule has 0 aromatic heterocycles. The van der Waals surface area contributed by atoms with Crippen LogP contribution in [0, 0.1) is 5.92 Å². The van der Waals surface area contributed by atoms with Crippen LogP contribution in [0.4, 0.5) is 0 Å². The highest BCUT2D eigenvalue weighted by atomic mass is 35.5. The number of hydrogen-bond acceptors (Lipinski definition) is 8. The maximum atomic E-state index is 13.0. The van der Waals surface area contributed by atoms with Gasteiger partial charge in [0.1, 0.15) is 24.2 Å². The van der Waals surface area contributed by atoms with Gasteiger partial charge in [-0.05, 0) is 32.6 Å². The molecule has 1 saturated heterocycles.